The average Bonchev–Trinajstić information content (AvgIpc) is 2.96. The van der Waals surface area contributed by atoms with E-state index in [0.717, 1.165) is 0 Å². The molecule has 3 rings (SSSR count). The molecule has 0 spiro atoms. The molecule has 0 radical (unpaired) electrons. The van der Waals surface area contributed by atoms with E-state index in [4.69, 9.17) is 4.74 Å². The number of hydrogen-bond donors (Lipinski definition) is 2. The Hall–Kier alpha value is -3.12. The lowest BCUT2D eigenvalue weighted by molar-refractivity contribution is -0.140. The summed E-state index contributed by atoms with van der Waals surface area (Å²) in [5.74, 6) is -1.60. The minimum atomic E-state index is -0.777. The quantitative estimate of drug-likeness (QED) is 0.324. The van der Waals surface area contributed by atoms with Gasteiger partial charge in [0.15, 0.2) is 0 Å². The topological polar surface area (TPSA) is 87.1 Å². The number of benzene rings is 2. The Labute approximate surface area is 170 Å². The summed E-state index contributed by atoms with van der Waals surface area (Å²) in [5, 5.41) is 20.8. The first-order valence-corrected chi connectivity index (χ1v) is 9.64. The summed E-state index contributed by atoms with van der Waals surface area (Å²) in [7, 11) is 0. The van der Waals surface area contributed by atoms with Gasteiger partial charge in [-0.3, -0.25) is 9.59 Å². The van der Waals surface area contributed by atoms with Gasteiger partial charge in [0, 0.05) is 18.7 Å². The third-order valence-electron chi connectivity index (χ3n) is 4.77. The summed E-state index contributed by atoms with van der Waals surface area (Å²) in [5.41, 5.74) is 1.04. The van der Waals surface area contributed by atoms with E-state index in [0.29, 0.717) is 30.7 Å². The Morgan fingerprint density at radius 3 is 2.48 bits per heavy atom. The second-order valence-electron chi connectivity index (χ2n) is 7.23. The van der Waals surface area contributed by atoms with Gasteiger partial charge in [0.1, 0.15) is 11.5 Å². The van der Waals surface area contributed by atoms with E-state index in [9.17, 15) is 19.8 Å². The van der Waals surface area contributed by atoms with Crippen molar-refractivity contribution in [3.63, 3.8) is 0 Å². The molecule has 2 N–H and O–H groups in total. The molecule has 1 amide bonds. The number of rotatable bonds is 7. The minimum absolute atomic E-state index is 0.0240. The summed E-state index contributed by atoms with van der Waals surface area (Å²) < 4.78 is 5.54. The van der Waals surface area contributed by atoms with Crippen molar-refractivity contribution < 1.29 is 24.5 Å². The predicted molar refractivity (Wildman–Crippen MR) is 109 cm³/mol. The Bertz CT molecular complexity index is 920. The standard InChI is InChI=1S/C23H25NO5/c1-15(2)29-13-7-12-24-20(17-10-6-11-18(25)14-17)19(22(27)23(24)28)21(26)16-8-4-3-5-9-16/h3-6,8-11,14-15,20,25-26H,7,12-13H2,1-2H3/t20-/m0/s1. The van der Waals surface area contributed by atoms with Crippen LogP contribution in [-0.4, -0.2) is 46.1 Å². The van der Waals surface area contributed by atoms with Gasteiger partial charge in [-0.1, -0.05) is 42.5 Å². The fourth-order valence-corrected chi connectivity index (χ4v) is 3.46. The molecular weight excluding hydrogens is 370 g/mol. The number of phenols is 1. The molecule has 1 aliphatic heterocycles. The van der Waals surface area contributed by atoms with E-state index < -0.39 is 17.7 Å². The van der Waals surface area contributed by atoms with Crippen LogP contribution in [0, 0.1) is 0 Å². The maximum Gasteiger partial charge on any atom is 0.295 e. The number of ketones is 1. The summed E-state index contributed by atoms with van der Waals surface area (Å²) in [6.07, 6.45) is 0.622. The van der Waals surface area contributed by atoms with Crippen LogP contribution in [0.1, 0.15) is 37.4 Å². The maximum absolute atomic E-state index is 12.8. The van der Waals surface area contributed by atoms with Crippen LogP contribution in [-0.2, 0) is 14.3 Å². The zero-order valence-electron chi connectivity index (χ0n) is 16.5. The Morgan fingerprint density at radius 2 is 1.83 bits per heavy atom. The van der Waals surface area contributed by atoms with Crippen molar-refractivity contribution in [3.8, 4) is 5.75 Å². The molecule has 0 aromatic heterocycles. The number of phenolic OH excluding ortho intramolecular Hbond substituents is 1. The highest BCUT2D eigenvalue weighted by Gasteiger charge is 2.45. The normalized spacial score (nSPS) is 18.6. The van der Waals surface area contributed by atoms with Gasteiger partial charge in [-0.2, -0.15) is 0 Å². The van der Waals surface area contributed by atoms with Gasteiger partial charge in [-0.15, -0.1) is 0 Å². The lowest BCUT2D eigenvalue weighted by Gasteiger charge is -2.25. The fraction of sp³-hybridized carbons (Fsp3) is 0.304. The van der Waals surface area contributed by atoms with E-state index >= 15 is 0 Å². The van der Waals surface area contributed by atoms with Crippen molar-refractivity contribution >= 4 is 17.4 Å². The van der Waals surface area contributed by atoms with Gasteiger partial charge in [0.2, 0.25) is 0 Å². The fourth-order valence-electron chi connectivity index (χ4n) is 3.46. The highest BCUT2D eigenvalue weighted by Crippen LogP contribution is 2.40. The Balaban J connectivity index is 2.02. The number of amides is 1. The molecule has 1 heterocycles. The molecule has 1 fully saturated rings. The molecule has 6 heteroatoms. The molecule has 2 aromatic carbocycles. The van der Waals surface area contributed by atoms with Gasteiger partial charge in [0.05, 0.1) is 17.7 Å². The van der Waals surface area contributed by atoms with Crippen LogP contribution in [0.25, 0.3) is 5.76 Å². The van der Waals surface area contributed by atoms with Gasteiger partial charge < -0.3 is 19.8 Å². The maximum atomic E-state index is 12.8. The van der Waals surface area contributed by atoms with Crippen molar-refractivity contribution in [1.82, 2.24) is 4.90 Å². The third kappa shape index (κ3) is 4.49. The molecular formula is C23H25NO5. The van der Waals surface area contributed by atoms with Crippen molar-refractivity contribution in [2.24, 2.45) is 0 Å². The zero-order valence-corrected chi connectivity index (χ0v) is 16.5. The smallest absolute Gasteiger partial charge is 0.295 e. The van der Waals surface area contributed by atoms with E-state index in [1.165, 1.54) is 17.0 Å². The van der Waals surface area contributed by atoms with Crippen LogP contribution >= 0.6 is 0 Å². The van der Waals surface area contributed by atoms with E-state index in [2.05, 4.69) is 0 Å². The van der Waals surface area contributed by atoms with Crippen LogP contribution in [0.2, 0.25) is 0 Å². The van der Waals surface area contributed by atoms with Gasteiger partial charge in [0.25, 0.3) is 11.7 Å². The number of ether oxygens (including phenoxy) is 1. The van der Waals surface area contributed by atoms with E-state index in [-0.39, 0.29) is 23.2 Å². The zero-order chi connectivity index (χ0) is 21.0. The first-order chi connectivity index (χ1) is 13.9. The minimum Gasteiger partial charge on any atom is -0.508 e. The Kier molecular flexibility index (Phi) is 6.34. The number of likely N-dealkylation sites (tertiary alicyclic amines) is 1. The summed E-state index contributed by atoms with van der Waals surface area (Å²) >= 11 is 0. The van der Waals surface area contributed by atoms with Gasteiger partial charge >= 0.3 is 0 Å². The van der Waals surface area contributed by atoms with Crippen molar-refractivity contribution in [2.45, 2.75) is 32.4 Å². The van der Waals surface area contributed by atoms with E-state index in [1.807, 2.05) is 13.8 Å². The van der Waals surface area contributed by atoms with Crippen LogP contribution < -0.4 is 0 Å². The summed E-state index contributed by atoms with van der Waals surface area (Å²) in [6.45, 7) is 4.60. The number of aromatic hydroxyl groups is 1. The average molecular weight is 395 g/mol. The second kappa shape index (κ2) is 8.92. The number of Topliss-reactive ketones (excluding diaryl/α,β-unsaturated/α-hetero) is 1. The number of aliphatic hydroxyl groups is 1. The molecule has 0 aliphatic carbocycles. The van der Waals surface area contributed by atoms with Crippen LogP contribution in [0.4, 0.5) is 0 Å². The van der Waals surface area contributed by atoms with Crippen LogP contribution in [0.3, 0.4) is 0 Å². The monoisotopic (exact) mass is 395 g/mol. The highest BCUT2D eigenvalue weighted by molar-refractivity contribution is 6.46. The number of hydrogen-bond acceptors (Lipinski definition) is 5. The van der Waals surface area contributed by atoms with Crippen LogP contribution in [0.15, 0.2) is 60.2 Å². The van der Waals surface area contributed by atoms with Crippen LogP contribution in [0.5, 0.6) is 5.75 Å². The van der Waals surface area contributed by atoms with Crippen molar-refractivity contribution in [2.75, 3.05) is 13.2 Å². The summed E-state index contributed by atoms with van der Waals surface area (Å²) in [4.78, 5) is 27.1. The van der Waals surface area contributed by atoms with E-state index in [1.54, 1.807) is 42.5 Å². The number of nitrogens with zero attached hydrogens (tertiary/aromatic N) is 1. The Morgan fingerprint density at radius 1 is 1.10 bits per heavy atom. The lowest BCUT2D eigenvalue weighted by Crippen LogP contribution is -2.31. The van der Waals surface area contributed by atoms with Gasteiger partial charge in [-0.05, 0) is 38.0 Å². The highest BCUT2D eigenvalue weighted by atomic mass is 16.5. The SMILES string of the molecule is CC(C)OCCCN1C(=O)C(=O)C(=C(O)c2ccccc2)[C@@H]1c1cccc(O)c1. The molecule has 2 aromatic rings. The van der Waals surface area contributed by atoms with Crippen molar-refractivity contribution in [1.29, 1.82) is 0 Å². The molecule has 6 nitrogen and oxygen atoms in total. The first kappa shape index (κ1) is 20.6. The molecule has 0 saturated carbocycles. The molecule has 0 unspecified atom stereocenters. The third-order valence-corrected chi connectivity index (χ3v) is 4.77. The molecule has 1 atom stereocenters. The molecule has 152 valence electrons. The van der Waals surface area contributed by atoms with Gasteiger partial charge in [-0.25, -0.2) is 0 Å². The number of carbonyl (C=O) groups is 2. The predicted octanol–water partition coefficient (Wildman–Crippen LogP) is 3.63. The lowest BCUT2D eigenvalue weighted by atomic mass is 9.95. The summed E-state index contributed by atoms with van der Waals surface area (Å²) in [6, 6.07) is 14.3. The molecule has 29 heavy (non-hydrogen) atoms. The number of aliphatic hydroxyl groups excluding tert-OH is 1. The number of carbonyl (C=O) groups excluding carboxylic acids is 2. The van der Waals surface area contributed by atoms with Crippen molar-refractivity contribution in [3.05, 3.63) is 71.3 Å². The molecule has 1 saturated heterocycles. The molecule has 0 bridgehead atoms. The largest absolute Gasteiger partial charge is 0.508 e. The second-order valence-corrected chi connectivity index (χ2v) is 7.23. The molecule has 1 aliphatic rings. The first-order valence-electron chi connectivity index (χ1n) is 9.64.